The zero-order valence-corrected chi connectivity index (χ0v) is 17.8. The highest BCUT2D eigenvalue weighted by molar-refractivity contribution is 6.40. The molecule has 0 saturated carbocycles. The van der Waals surface area contributed by atoms with Crippen LogP contribution in [-0.4, -0.2) is 38.0 Å². The Morgan fingerprint density at radius 1 is 0.900 bits per heavy atom. The van der Waals surface area contributed by atoms with E-state index >= 15 is 0 Å². The maximum Gasteiger partial charge on any atom is 0.328 e. The highest BCUT2D eigenvalue weighted by Gasteiger charge is 2.20. The van der Waals surface area contributed by atoms with Crippen LogP contribution in [0.2, 0.25) is 10.0 Å². The number of ether oxygens (including phenoxy) is 3. The van der Waals surface area contributed by atoms with Crippen LogP contribution >= 0.6 is 23.2 Å². The number of benzene rings is 2. The van der Waals surface area contributed by atoms with E-state index < -0.39 is 23.8 Å². The van der Waals surface area contributed by atoms with Gasteiger partial charge in [-0.05, 0) is 37.3 Å². The van der Waals surface area contributed by atoms with E-state index in [1.807, 2.05) is 5.43 Å². The van der Waals surface area contributed by atoms with Crippen LogP contribution in [0.15, 0.2) is 36.4 Å². The van der Waals surface area contributed by atoms with Crippen LogP contribution in [0.3, 0.4) is 0 Å². The first-order chi connectivity index (χ1) is 14.2. The zero-order valence-electron chi connectivity index (χ0n) is 16.2. The van der Waals surface area contributed by atoms with Crippen molar-refractivity contribution in [3.05, 3.63) is 46.4 Å². The quantitative estimate of drug-likeness (QED) is 0.455. The van der Waals surface area contributed by atoms with Gasteiger partial charge in [0.25, 0.3) is 5.91 Å². The number of carbonyl (C=O) groups is 3. The van der Waals surface area contributed by atoms with Crippen LogP contribution in [0.4, 0.5) is 5.69 Å². The van der Waals surface area contributed by atoms with Crippen molar-refractivity contribution >= 4 is 46.6 Å². The summed E-state index contributed by atoms with van der Waals surface area (Å²) in [6, 6.07) is 9.18. The van der Waals surface area contributed by atoms with Crippen molar-refractivity contribution < 1.29 is 28.6 Å². The van der Waals surface area contributed by atoms with E-state index in [2.05, 4.69) is 10.7 Å². The van der Waals surface area contributed by atoms with E-state index in [9.17, 15) is 14.4 Å². The van der Waals surface area contributed by atoms with E-state index in [-0.39, 0.29) is 16.5 Å². The van der Waals surface area contributed by atoms with Crippen LogP contribution in [0, 0.1) is 0 Å². The first kappa shape index (κ1) is 23.1. The Hall–Kier alpha value is -3.17. The van der Waals surface area contributed by atoms with Gasteiger partial charge in [-0.15, -0.1) is 0 Å². The van der Waals surface area contributed by atoms with E-state index in [1.165, 1.54) is 39.3 Å². The molecule has 2 aromatic carbocycles. The van der Waals surface area contributed by atoms with Gasteiger partial charge >= 0.3 is 11.8 Å². The first-order valence-corrected chi connectivity index (χ1v) is 9.25. The molecule has 0 radical (unpaired) electrons. The summed E-state index contributed by atoms with van der Waals surface area (Å²) in [5.41, 5.74) is 4.32. The predicted molar refractivity (Wildman–Crippen MR) is 111 cm³/mol. The molecule has 0 aliphatic carbocycles. The smallest absolute Gasteiger partial charge is 0.328 e. The molecule has 11 heteroatoms. The van der Waals surface area contributed by atoms with Gasteiger partial charge in [0.1, 0.15) is 17.2 Å². The average molecular weight is 456 g/mol. The number of nitrogens with one attached hydrogen (secondary N) is 3. The molecule has 0 heterocycles. The number of hydrogen-bond donors (Lipinski definition) is 3. The number of hydrogen-bond acceptors (Lipinski definition) is 6. The highest BCUT2D eigenvalue weighted by Crippen LogP contribution is 2.29. The van der Waals surface area contributed by atoms with E-state index in [4.69, 9.17) is 37.4 Å². The van der Waals surface area contributed by atoms with Gasteiger partial charge in [-0.1, -0.05) is 23.2 Å². The molecule has 0 aliphatic heterocycles. The summed E-state index contributed by atoms with van der Waals surface area (Å²) in [5, 5.41) is 3.01. The lowest BCUT2D eigenvalue weighted by atomic mass is 10.2. The minimum atomic E-state index is -1.11. The van der Waals surface area contributed by atoms with Crippen LogP contribution in [0.25, 0.3) is 0 Å². The van der Waals surface area contributed by atoms with Crippen molar-refractivity contribution in [3.8, 4) is 17.2 Å². The molecule has 0 unspecified atom stereocenters. The number of anilines is 1. The molecule has 0 aliphatic rings. The fourth-order valence-electron chi connectivity index (χ4n) is 2.18. The maximum atomic E-state index is 12.1. The molecule has 0 aromatic heterocycles. The Labute approximate surface area is 182 Å². The Morgan fingerprint density at radius 3 is 2.23 bits per heavy atom. The fourth-order valence-corrected chi connectivity index (χ4v) is 2.64. The molecule has 0 saturated heterocycles. The summed E-state index contributed by atoms with van der Waals surface area (Å²) in [6.45, 7) is 1.44. The predicted octanol–water partition coefficient (Wildman–Crippen LogP) is 2.56. The molecular formula is C19H19Cl2N3O6. The zero-order chi connectivity index (χ0) is 22.3. The third kappa shape index (κ3) is 6.16. The molecule has 9 nitrogen and oxygen atoms in total. The largest absolute Gasteiger partial charge is 0.497 e. The molecule has 1 atom stereocenters. The maximum absolute atomic E-state index is 12.1. The molecule has 0 fully saturated rings. The molecule has 3 N–H and O–H groups in total. The summed E-state index contributed by atoms with van der Waals surface area (Å²) >= 11 is 11.8. The standard InChI is InChI=1S/C19H19Cl2N3O6/c1-10(30-15-6-4-11(20)8-13(15)21)17(25)23-24-19(27)18(26)22-14-9-12(28-2)5-7-16(14)29-3/h4-10H,1-3H3,(H,22,26)(H,23,25)(H,24,27)/t10-/m0/s1. The Bertz CT molecular complexity index is 954. The van der Waals surface area contributed by atoms with Crippen molar-refractivity contribution in [2.45, 2.75) is 13.0 Å². The Kier molecular flexibility index (Phi) is 8.14. The van der Waals surface area contributed by atoms with Gasteiger partial charge in [-0.3, -0.25) is 25.2 Å². The number of halogens is 2. The molecule has 160 valence electrons. The van der Waals surface area contributed by atoms with Gasteiger partial charge in [0, 0.05) is 11.1 Å². The Morgan fingerprint density at radius 2 is 1.60 bits per heavy atom. The van der Waals surface area contributed by atoms with Crippen molar-refractivity contribution in [2.24, 2.45) is 0 Å². The molecule has 3 amide bonds. The van der Waals surface area contributed by atoms with Crippen molar-refractivity contribution in [3.63, 3.8) is 0 Å². The molecular weight excluding hydrogens is 437 g/mol. The van der Waals surface area contributed by atoms with E-state index in [0.29, 0.717) is 16.5 Å². The number of hydrazine groups is 1. The number of rotatable bonds is 6. The van der Waals surface area contributed by atoms with Crippen molar-refractivity contribution in [1.82, 2.24) is 10.9 Å². The third-order valence-electron chi connectivity index (χ3n) is 3.73. The summed E-state index contributed by atoms with van der Waals surface area (Å²) in [6.07, 6.45) is -1.02. The fraction of sp³-hybridized carbons (Fsp3) is 0.211. The topological polar surface area (TPSA) is 115 Å². The summed E-state index contributed by atoms with van der Waals surface area (Å²) in [4.78, 5) is 36.2. The molecule has 2 rings (SSSR count). The lowest BCUT2D eigenvalue weighted by Gasteiger charge is -2.16. The molecule has 30 heavy (non-hydrogen) atoms. The van der Waals surface area contributed by atoms with Crippen LogP contribution in [-0.2, 0) is 14.4 Å². The van der Waals surface area contributed by atoms with Crippen molar-refractivity contribution in [1.29, 1.82) is 0 Å². The van der Waals surface area contributed by atoms with E-state index in [0.717, 1.165) is 0 Å². The summed E-state index contributed by atoms with van der Waals surface area (Å²) in [5.74, 6) is -1.84. The van der Waals surface area contributed by atoms with Gasteiger partial charge in [0.2, 0.25) is 0 Å². The van der Waals surface area contributed by atoms with E-state index in [1.54, 1.807) is 18.2 Å². The van der Waals surface area contributed by atoms with Crippen LogP contribution < -0.4 is 30.4 Å². The van der Waals surface area contributed by atoms with Crippen molar-refractivity contribution in [2.75, 3.05) is 19.5 Å². The second-order valence-electron chi connectivity index (χ2n) is 5.80. The minimum Gasteiger partial charge on any atom is -0.497 e. The summed E-state index contributed by atoms with van der Waals surface area (Å²) in [7, 11) is 2.86. The van der Waals surface area contributed by atoms with Crippen LogP contribution in [0.1, 0.15) is 6.92 Å². The average Bonchev–Trinajstić information content (AvgIpc) is 2.73. The SMILES string of the molecule is COc1ccc(OC)c(NC(=O)C(=O)NNC(=O)[C@H](C)Oc2ccc(Cl)cc2Cl)c1. The number of amides is 3. The van der Waals surface area contributed by atoms with Gasteiger partial charge < -0.3 is 19.5 Å². The minimum absolute atomic E-state index is 0.220. The third-order valence-corrected chi connectivity index (χ3v) is 4.26. The van der Waals surface area contributed by atoms with Gasteiger partial charge in [0.05, 0.1) is 24.9 Å². The monoisotopic (exact) mass is 455 g/mol. The first-order valence-electron chi connectivity index (χ1n) is 8.50. The van der Waals surface area contributed by atoms with Gasteiger partial charge in [0.15, 0.2) is 6.10 Å². The summed E-state index contributed by atoms with van der Waals surface area (Å²) < 4.78 is 15.6. The highest BCUT2D eigenvalue weighted by atomic mass is 35.5. The second kappa shape index (κ2) is 10.6. The second-order valence-corrected chi connectivity index (χ2v) is 6.64. The number of carbonyl (C=O) groups excluding carboxylic acids is 3. The van der Waals surface area contributed by atoms with Gasteiger partial charge in [-0.2, -0.15) is 0 Å². The van der Waals surface area contributed by atoms with Gasteiger partial charge in [-0.25, -0.2) is 0 Å². The molecule has 0 bridgehead atoms. The molecule has 2 aromatic rings. The van der Waals surface area contributed by atoms with Crippen LogP contribution in [0.5, 0.6) is 17.2 Å². The normalized spacial score (nSPS) is 11.1. The lowest BCUT2D eigenvalue weighted by molar-refractivity contribution is -0.139. The molecule has 0 spiro atoms. The number of methoxy groups -OCH3 is 2. The Balaban J connectivity index is 1.91. The lowest BCUT2D eigenvalue weighted by Crippen LogP contribution is -2.50.